The summed E-state index contributed by atoms with van der Waals surface area (Å²) in [5.74, 6) is 1.04. The van der Waals surface area contributed by atoms with Crippen LogP contribution in [-0.2, 0) is 4.79 Å². The average molecular weight is 348 g/mol. The molecule has 0 N–H and O–H groups in total. The van der Waals surface area contributed by atoms with E-state index >= 15 is 0 Å². The van der Waals surface area contributed by atoms with Crippen LogP contribution in [-0.4, -0.2) is 70.7 Å². The van der Waals surface area contributed by atoms with Crippen LogP contribution in [0.15, 0.2) is 4.99 Å². The van der Waals surface area contributed by atoms with Crippen molar-refractivity contribution >= 4 is 17.8 Å². The van der Waals surface area contributed by atoms with Gasteiger partial charge in [0.05, 0.1) is 6.54 Å². The number of urea groups is 1. The topological polar surface area (TPSA) is 56.2 Å². The van der Waals surface area contributed by atoms with Crippen LogP contribution < -0.4 is 0 Å². The van der Waals surface area contributed by atoms with E-state index in [1.807, 2.05) is 21.6 Å². The molecule has 0 aliphatic carbocycles. The van der Waals surface area contributed by atoms with Crippen molar-refractivity contribution in [1.82, 2.24) is 14.7 Å². The summed E-state index contributed by atoms with van der Waals surface area (Å²) in [6.07, 6.45) is 8.02. The van der Waals surface area contributed by atoms with Gasteiger partial charge in [-0.15, -0.1) is 0 Å². The predicted molar refractivity (Wildman–Crippen MR) is 98.7 cm³/mol. The van der Waals surface area contributed by atoms with Gasteiger partial charge in [-0.2, -0.15) is 0 Å². The van der Waals surface area contributed by atoms with E-state index in [2.05, 4.69) is 6.92 Å². The number of amides is 3. The van der Waals surface area contributed by atoms with E-state index in [4.69, 9.17) is 4.99 Å². The Morgan fingerprint density at radius 2 is 1.80 bits per heavy atom. The Hall–Kier alpha value is -1.59. The van der Waals surface area contributed by atoms with Crippen LogP contribution in [0.4, 0.5) is 4.79 Å². The summed E-state index contributed by atoms with van der Waals surface area (Å²) in [5, 5.41) is 0. The van der Waals surface area contributed by atoms with Gasteiger partial charge in [0.15, 0.2) is 5.54 Å². The predicted octanol–water partition coefficient (Wildman–Crippen LogP) is 2.88. The summed E-state index contributed by atoms with van der Waals surface area (Å²) in [7, 11) is 0. The molecule has 1 unspecified atom stereocenters. The second-order valence-corrected chi connectivity index (χ2v) is 7.57. The van der Waals surface area contributed by atoms with E-state index in [1.165, 1.54) is 6.42 Å². The maximum absolute atomic E-state index is 13.1. The van der Waals surface area contributed by atoms with E-state index in [-0.39, 0.29) is 11.9 Å². The molecule has 140 valence electrons. The highest BCUT2D eigenvalue weighted by Crippen LogP contribution is 2.34. The molecule has 0 aromatic heterocycles. The first-order valence-electron chi connectivity index (χ1n) is 10.1. The number of hydrogen-bond donors (Lipinski definition) is 0. The Bertz CT molecular complexity index is 542. The molecule has 3 aliphatic heterocycles. The second kappa shape index (κ2) is 7.75. The van der Waals surface area contributed by atoms with Gasteiger partial charge in [0, 0.05) is 32.6 Å². The van der Waals surface area contributed by atoms with Crippen LogP contribution in [0.1, 0.15) is 65.2 Å². The van der Waals surface area contributed by atoms with Gasteiger partial charge >= 0.3 is 6.03 Å². The Balaban J connectivity index is 1.75. The van der Waals surface area contributed by atoms with Crippen molar-refractivity contribution in [2.75, 3.05) is 32.7 Å². The van der Waals surface area contributed by atoms with Gasteiger partial charge in [0.25, 0.3) is 5.91 Å². The summed E-state index contributed by atoms with van der Waals surface area (Å²) < 4.78 is 0. The van der Waals surface area contributed by atoms with Crippen molar-refractivity contribution in [2.24, 2.45) is 4.99 Å². The number of aliphatic imine (C=N–C) groups is 1. The molecule has 0 aromatic carbocycles. The molecule has 0 aromatic rings. The van der Waals surface area contributed by atoms with Crippen molar-refractivity contribution in [1.29, 1.82) is 0 Å². The smallest absolute Gasteiger partial charge is 0.320 e. The van der Waals surface area contributed by atoms with Gasteiger partial charge < -0.3 is 9.80 Å². The summed E-state index contributed by atoms with van der Waals surface area (Å²) in [5.41, 5.74) is -0.719. The molecule has 0 saturated carbocycles. The fraction of sp³-hybridized carbons (Fsp3) is 0.842. The third-order valence-corrected chi connectivity index (χ3v) is 5.74. The third kappa shape index (κ3) is 3.53. The number of nitrogens with zero attached hydrogens (tertiary/aromatic N) is 4. The van der Waals surface area contributed by atoms with E-state index in [0.717, 1.165) is 70.4 Å². The molecule has 3 heterocycles. The molecule has 0 bridgehead atoms. The first kappa shape index (κ1) is 18.2. The lowest BCUT2D eigenvalue weighted by Crippen LogP contribution is -2.57. The molecule has 2 fully saturated rings. The highest BCUT2D eigenvalue weighted by atomic mass is 16.2. The lowest BCUT2D eigenvalue weighted by Gasteiger charge is -2.40. The van der Waals surface area contributed by atoms with Crippen LogP contribution in [0.25, 0.3) is 0 Å². The van der Waals surface area contributed by atoms with Crippen molar-refractivity contribution < 1.29 is 9.59 Å². The summed E-state index contributed by atoms with van der Waals surface area (Å²) in [6, 6.07) is 0.104. The number of unbranched alkanes of at least 4 members (excludes halogenated alkanes) is 1. The number of hydrogen-bond acceptors (Lipinski definition) is 3. The lowest BCUT2D eigenvalue weighted by molar-refractivity contribution is -0.132. The van der Waals surface area contributed by atoms with Gasteiger partial charge in [-0.25, -0.2) is 4.79 Å². The number of likely N-dealkylation sites (N-methyl/N-ethyl adjacent to an activating group) is 1. The van der Waals surface area contributed by atoms with Gasteiger partial charge in [0.2, 0.25) is 0 Å². The average Bonchev–Trinajstić information content (AvgIpc) is 2.90. The van der Waals surface area contributed by atoms with E-state index in [9.17, 15) is 9.59 Å². The SMILES string of the molecule is CCCCC1=NC2(CCCN(C(=O)N3CCCCC3)C2)C(=O)N1CC. The van der Waals surface area contributed by atoms with E-state index in [0.29, 0.717) is 13.1 Å². The second-order valence-electron chi connectivity index (χ2n) is 7.57. The number of carbonyl (C=O) groups is 2. The number of likely N-dealkylation sites (tertiary alicyclic amines) is 2. The molecular weight excluding hydrogens is 316 g/mol. The first-order chi connectivity index (χ1) is 12.1. The van der Waals surface area contributed by atoms with Gasteiger partial charge in [0.1, 0.15) is 5.84 Å². The molecular formula is C19H32N4O2. The van der Waals surface area contributed by atoms with E-state index in [1.54, 1.807) is 0 Å². The van der Waals surface area contributed by atoms with Gasteiger partial charge in [-0.1, -0.05) is 13.3 Å². The highest BCUT2D eigenvalue weighted by molar-refractivity contribution is 6.08. The molecule has 3 amide bonds. The summed E-state index contributed by atoms with van der Waals surface area (Å²) in [6.45, 7) is 7.73. The lowest BCUT2D eigenvalue weighted by atomic mass is 9.89. The minimum absolute atomic E-state index is 0.104. The van der Waals surface area contributed by atoms with Crippen LogP contribution in [0.2, 0.25) is 0 Å². The first-order valence-corrected chi connectivity index (χ1v) is 10.1. The fourth-order valence-corrected chi connectivity index (χ4v) is 4.33. The highest BCUT2D eigenvalue weighted by Gasteiger charge is 2.50. The molecule has 3 rings (SSSR count). The summed E-state index contributed by atoms with van der Waals surface area (Å²) >= 11 is 0. The molecule has 2 saturated heterocycles. The zero-order valence-corrected chi connectivity index (χ0v) is 15.8. The molecule has 1 atom stereocenters. The standard InChI is InChI=1S/C19H32N4O2/c1-3-5-10-16-20-19(17(24)23(16)4-2)11-9-14-22(15-19)18(25)21-12-7-6-8-13-21/h3-15H2,1-2H3. The number of rotatable bonds is 4. The fourth-order valence-electron chi connectivity index (χ4n) is 4.33. The minimum atomic E-state index is -0.719. The van der Waals surface area contributed by atoms with Crippen molar-refractivity contribution in [3.63, 3.8) is 0 Å². The minimum Gasteiger partial charge on any atom is -0.325 e. The van der Waals surface area contributed by atoms with Crippen molar-refractivity contribution in [3.8, 4) is 0 Å². The van der Waals surface area contributed by atoms with Crippen LogP contribution in [0, 0.1) is 0 Å². The largest absolute Gasteiger partial charge is 0.325 e. The Kier molecular flexibility index (Phi) is 5.64. The normalized spacial score (nSPS) is 27.2. The Morgan fingerprint density at radius 1 is 1.08 bits per heavy atom. The zero-order valence-electron chi connectivity index (χ0n) is 15.8. The van der Waals surface area contributed by atoms with Crippen LogP contribution in [0.5, 0.6) is 0 Å². The third-order valence-electron chi connectivity index (χ3n) is 5.74. The quantitative estimate of drug-likeness (QED) is 0.784. The monoisotopic (exact) mass is 348 g/mol. The Morgan fingerprint density at radius 3 is 2.48 bits per heavy atom. The molecule has 25 heavy (non-hydrogen) atoms. The maximum Gasteiger partial charge on any atom is 0.320 e. The molecule has 6 nitrogen and oxygen atoms in total. The van der Waals surface area contributed by atoms with Gasteiger partial charge in [-0.05, 0) is 45.4 Å². The molecule has 1 spiro atoms. The summed E-state index contributed by atoms with van der Waals surface area (Å²) in [4.78, 5) is 36.6. The molecule has 0 radical (unpaired) electrons. The number of amidine groups is 1. The van der Waals surface area contributed by atoms with Crippen molar-refractivity contribution in [3.05, 3.63) is 0 Å². The van der Waals surface area contributed by atoms with E-state index < -0.39 is 5.54 Å². The van der Waals surface area contributed by atoms with Crippen LogP contribution in [0.3, 0.4) is 0 Å². The van der Waals surface area contributed by atoms with Crippen LogP contribution >= 0.6 is 0 Å². The molecule has 6 heteroatoms. The number of carbonyl (C=O) groups excluding carboxylic acids is 2. The van der Waals surface area contributed by atoms with Gasteiger partial charge in [-0.3, -0.25) is 14.7 Å². The maximum atomic E-state index is 13.1. The number of piperidine rings is 2. The van der Waals surface area contributed by atoms with Crippen molar-refractivity contribution in [2.45, 2.75) is 70.8 Å². The molecule has 3 aliphatic rings. The Labute approximate surface area is 151 Å². The zero-order chi connectivity index (χ0) is 17.9.